The van der Waals surface area contributed by atoms with Gasteiger partial charge in [0.15, 0.2) is 5.78 Å². The monoisotopic (exact) mass is 258 g/mol. The summed E-state index contributed by atoms with van der Waals surface area (Å²) in [6.07, 6.45) is 0.622. The smallest absolute Gasteiger partial charge is 0.164 e. The summed E-state index contributed by atoms with van der Waals surface area (Å²) in [6.45, 7) is 4.32. The van der Waals surface area contributed by atoms with E-state index in [2.05, 4.69) is 26.0 Å². The molecule has 0 aliphatic heterocycles. The van der Waals surface area contributed by atoms with Crippen molar-refractivity contribution in [3.8, 4) is 0 Å². The molecule has 2 aromatic rings. The minimum absolute atomic E-state index is 0.250. The summed E-state index contributed by atoms with van der Waals surface area (Å²) < 4.78 is 0. The van der Waals surface area contributed by atoms with E-state index in [9.17, 15) is 4.79 Å². The molecule has 0 atom stereocenters. The van der Waals surface area contributed by atoms with Gasteiger partial charge in [0.1, 0.15) is 0 Å². The summed E-state index contributed by atoms with van der Waals surface area (Å²) in [5.41, 5.74) is 0.859. The number of fused-ring (bicyclic) bond motifs is 1. The third-order valence-electron chi connectivity index (χ3n) is 2.87. The molecule has 0 amide bonds. The molecular formula is C16H18OS. The quantitative estimate of drug-likeness (QED) is 0.732. The Morgan fingerprint density at radius 1 is 1.11 bits per heavy atom. The molecule has 0 N–H and O–H groups in total. The average molecular weight is 258 g/mol. The summed E-state index contributed by atoms with van der Waals surface area (Å²) in [5.74, 6) is 1.15. The highest BCUT2D eigenvalue weighted by atomic mass is 32.2. The van der Waals surface area contributed by atoms with Crippen LogP contribution in [0.15, 0.2) is 42.5 Å². The van der Waals surface area contributed by atoms with Crippen molar-refractivity contribution < 1.29 is 4.79 Å². The Bertz CT molecular complexity index is 540. The number of carbonyl (C=O) groups is 1. The van der Waals surface area contributed by atoms with Crippen LogP contribution in [0.3, 0.4) is 0 Å². The molecule has 0 saturated heterocycles. The zero-order valence-electron chi connectivity index (χ0n) is 10.8. The van der Waals surface area contributed by atoms with Gasteiger partial charge < -0.3 is 0 Å². The molecule has 0 unspecified atom stereocenters. The third-order valence-corrected chi connectivity index (χ3v) is 3.98. The first-order chi connectivity index (χ1) is 8.68. The van der Waals surface area contributed by atoms with Crippen LogP contribution in [0.1, 0.15) is 30.6 Å². The number of benzene rings is 2. The standard InChI is InChI=1S/C16H18OS/c1-12(2)18-11-10-16(17)15-9-5-7-13-6-3-4-8-14(13)15/h3-9,12H,10-11H2,1-2H3. The second-order valence-electron chi connectivity index (χ2n) is 4.62. The van der Waals surface area contributed by atoms with Crippen molar-refractivity contribution in [1.29, 1.82) is 0 Å². The van der Waals surface area contributed by atoms with E-state index in [-0.39, 0.29) is 5.78 Å². The second-order valence-corrected chi connectivity index (χ2v) is 6.30. The van der Waals surface area contributed by atoms with Crippen LogP contribution in [0.4, 0.5) is 0 Å². The van der Waals surface area contributed by atoms with Crippen molar-refractivity contribution >= 4 is 28.3 Å². The zero-order valence-corrected chi connectivity index (χ0v) is 11.7. The van der Waals surface area contributed by atoms with E-state index in [0.29, 0.717) is 11.7 Å². The van der Waals surface area contributed by atoms with Crippen molar-refractivity contribution in [2.24, 2.45) is 0 Å². The summed E-state index contributed by atoms with van der Waals surface area (Å²) in [7, 11) is 0. The van der Waals surface area contributed by atoms with Crippen LogP contribution in [0.2, 0.25) is 0 Å². The molecule has 0 bridgehead atoms. The predicted octanol–water partition coefficient (Wildman–Crippen LogP) is 4.55. The molecule has 0 spiro atoms. The molecular weight excluding hydrogens is 240 g/mol. The van der Waals surface area contributed by atoms with Crippen LogP contribution in [0.25, 0.3) is 10.8 Å². The average Bonchev–Trinajstić information content (AvgIpc) is 2.37. The van der Waals surface area contributed by atoms with Crippen LogP contribution < -0.4 is 0 Å². The number of ketones is 1. The van der Waals surface area contributed by atoms with Crippen LogP contribution >= 0.6 is 11.8 Å². The van der Waals surface area contributed by atoms with Gasteiger partial charge in [0.05, 0.1) is 0 Å². The Hall–Kier alpha value is -1.28. The SMILES string of the molecule is CC(C)SCCC(=O)c1cccc2ccccc12. The van der Waals surface area contributed by atoms with E-state index in [1.165, 1.54) is 0 Å². The van der Waals surface area contributed by atoms with Gasteiger partial charge >= 0.3 is 0 Å². The molecule has 94 valence electrons. The Balaban J connectivity index is 2.17. The van der Waals surface area contributed by atoms with Crippen LogP contribution in [0, 0.1) is 0 Å². The number of hydrogen-bond acceptors (Lipinski definition) is 2. The normalized spacial score (nSPS) is 11.1. The molecule has 2 heteroatoms. The Kier molecular flexibility index (Phi) is 4.43. The molecule has 0 aromatic heterocycles. The van der Waals surface area contributed by atoms with Crippen molar-refractivity contribution in [2.75, 3.05) is 5.75 Å². The minimum atomic E-state index is 0.250. The predicted molar refractivity (Wildman–Crippen MR) is 80.5 cm³/mol. The van der Waals surface area contributed by atoms with Crippen LogP contribution in [-0.4, -0.2) is 16.8 Å². The van der Waals surface area contributed by atoms with E-state index < -0.39 is 0 Å². The van der Waals surface area contributed by atoms with E-state index in [0.717, 1.165) is 22.1 Å². The summed E-state index contributed by atoms with van der Waals surface area (Å²) in [5, 5.41) is 2.80. The Labute approximate surface area is 113 Å². The molecule has 2 aromatic carbocycles. The van der Waals surface area contributed by atoms with Gasteiger partial charge in [-0.05, 0) is 16.0 Å². The van der Waals surface area contributed by atoms with Gasteiger partial charge in [-0.2, -0.15) is 11.8 Å². The summed E-state index contributed by atoms with van der Waals surface area (Å²) in [6, 6.07) is 14.0. The van der Waals surface area contributed by atoms with Gasteiger partial charge in [0.25, 0.3) is 0 Å². The fraction of sp³-hybridized carbons (Fsp3) is 0.312. The van der Waals surface area contributed by atoms with Crippen molar-refractivity contribution in [2.45, 2.75) is 25.5 Å². The first kappa shape index (κ1) is 13.2. The maximum Gasteiger partial charge on any atom is 0.164 e. The van der Waals surface area contributed by atoms with Crippen molar-refractivity contribution in [3.63, 3.8) is 0 Å². The minimum Gasteiger partial charge on any atom is -0.294 e. The highest BCUT2D eigenvalue weighted by molar-refractivity contribution is 7.99. The summed E-state index contributed by atoms with van der Waals surface area (Å²) in [4.78, 5) is 12.2. The largest absolute Gasteiger partial charge is 0.294 e. The molecule has 0 fully saturated rings. The van der Waals surface area contributed by atoms with Gasteiger partial charge in [-0.1, -0.05) is 56.3 Å². The third kappa shape index (κ3) is 3.14. The zero-order chi connectivity index (χ0) is 13.0. The van der Waals surface area contributed by atoms with Crippen LogP contribution in [-0.2, 0) is 0 Å². The number of hydrogen-bond donors (Lipinski definition) is 0. The van der Waals surface area contributed by atoms with E-state index in [4.69, 9.17) is 0 Å². The van der Waals surface area contributed by atoms with E-state index >= 15 is 0 Å². The first-order valence-electron chi connectivity index (χ1n) is 6.31. The van der Waals surface area contributed by atoms with Gasteiger partial charge in [-0.25, -0.2) is 0 Å². The fourth-order valence-corrected chi connectivity index (χ4v) is 2.77. The Morgan fingerprint density at radius 2 is 1.83 bits per heavy atom. The number of rotatable bonds is 5. The summed E-state index contributed by atoms with van der Waals surface area (Å²) >= 11 is 1.84. The molecule has 0 aliphatic carbocycles. The van der Waals surface area contributed by atoms with E-state index in [1.807, 2.05) is 42.1 Å². The maximum absolute atomic E-state index is 12.2. The van der Waals surface area contributed by atoms with Gasteiger partial charge in [-0.3, -0.25) is 4.79 Å². The Morgan fingerprint density at radius 3 is 2.61 bits per heavy atom. The van der Waals surface area contributed by atoms with Gasteiger partial charge in [-0.15, -0.1) is 0 Å². The molecule has 1 nitrogen and oxygen atoms in total. The molecule has 0 aliphatic rings. The number of thioether (sulfide) groups is 1. The molecule has 0 saturated carbocycles. The lowest BCUT2D eigenvalue weighted by Gasteiger charge is -2.07. The highest BCUT2D eigenvalue weighted by Crippen LogP contribution is 2.21. The first-order valence-corrected chi connectivity index (χ1v) is 7.36. The molecule has 2 rings (SSSR count). The topological polar surface area (TPSA) is 17.1 Å². The van der Waals surface area contributed by atoms with Gasteiger partial charge in [0, 0.05) is 17.7 Å². The van der Waals surface area contributed by atoms with Crippen LogP contribution in [0.5, 0.6) is 0 Å². The molecule has 18 heavy (non-hydrogen) atoms. The number of carbonyl (C=O) groups excluding carboxylic acids is 1. The highest BCUT2D eigenvalue weighted by Gasteiger charge is 2.09. The van der Waals surface area contributed by atoms with Crippen molar-refractivity contribution in [3.05, 3.63) is 48.0 Å². The molecule has 0 radical (unpaired) electrons. The fourth-order valence-electron chi connectivity index (χ4n) is 1.99. The van der Waals surface area contributed by atoms with E-state index in [1.54, 1.807) is 0 Å². The lowest BCUT2D eigenvalue weighted by atomic mass is 10.0. The lowest BCUT2D eigenvalue weighted by molar-refractivity contribution is 0.0991. The van der Waals surface area contributed by atoms with Gasteiger partial charge in [0.2, 0.25) is 0 Å². The number of Topliss-reactive ketones (excluding diaryl/α,β-unsaturated/α-hetero) is 1. The lowest BCUT2D eigenvalue weighted by Crippen LogP contribution is -2.02. The molecule has 0 heterocycles. The van der Waals surface area contributed by atoms with Crippen molar-refractivity contribution in [1.82, 2.24) is 0 Å². The maximum atomic E-state index is 12.2. The second kappa shape index (κ2) is 6.05.